The summed E-state index contributed by atoms with van der Waals surface area (Å²) in [7, 11) is 0. The van der Waals surface area contributed by atoms with E-state index in [9.17, 15) is 4.79 Å². The van der Waals surface area contributed by atoms with Crippen LogP contribution in [0.5, 0.6) is 0 Å². The number of rotatable bonds is 5. The molecule has 7 heteroatoms. The molecule has 2 aromatic rings. The largest absolute Gasteiger partial charge is 0.352 e. The third kappa shape index (κ3) is 3.18. The van der Waals surface area contributed by atoms with E-state index in [1.165, 1.54) is 0 Å². The topological polar surface area (TPSA) is 77.6 Å². The van der Waals surface area contributed by atoms with Crippen molar-refractivity contribution in [3.8, 4) is 0 Å². The molecule has 22 heavy (non-hydrogen) atoms. The highest BCUT2D eigenvalue weighted by Crippen LogP contribution is 2.28. The summed E-state index contributed by atoms with van der Waals surface area (Å²) in [4.78, 5) is 12.5. The van der Waals surface area contributed by atoms with Crippen molar-refractivity contribution < 1.29 is 4.79 Å². The first-order valence-corrected chi connectivity index (χ1v) is 7.91. The van der Waals surface area contributed by atoms with E-state index in [-0.39, 0.29) is 18.0 Å². The lowest BCUT2D eigenvalue weighted by Crippen LogP contribution is -2.41. The minimum Gasteiger partial charge on any atom is -0.352 e. The summed E-state index contributed by atoms with van der Waals surface area (Å²) < 4.78 is 3.80. The first kappa shape index (κ1) is 14.7. The molecule has 1 amide bonds. The summed E-state index contributed by atoms with van der Waals surface area (Å²) in [5, 5.41) is 15.1. The number of nitrogens with one attached hydrogen (secondary N) is 1. The Hall–Kier alpha value is -2.18. The Morgan fingerprint density at radius 3 is 2.59 bits per heavy atom. The summed E-state index contributed by atoms with van der Waals surface area (Å²) in [6.45, 7) is 2.01. The van der Waals surface area contributed by atoms with E-state index in [0.717, 1.165) is 32.1 Å². The number of aromatic nitrogens is 5. The van der Waals surface area contributed by atoms with Gasteiger partial charge in [0.2, 0.25) is 5.91 Å². The van der Waals surface area contributed by atoms with Gasteiger partial charge in [0.15, 0.2) is 0 Å². The minimum atomic E-state index is -0.217. The van der Waals surface area contributed by atoms with Gasteiger partial charge >= 0.3 is 0 Å². The molecule has 7 nitrogen and oxygen atoms in total. The van der Waals surface area contributed by atoms with Crippen molar-refractivity contribution in [1.82, 2.24) is 29.9 Å². The zero-order valence-electron chi connectivity index (χ0n) is 12.8. The Bertz CT molecular complexity index is 571. The Kier molecular flexibility index (Phi) is 4.50. The molecule has 2 aromatic heterocycles. The zero-order chi connectivity index (χ0) is 15.4. The van der Waals surface area contributed by atoms with Crippen LogP contribution in [0.2, 0.25) is 0 Å². The van der Waals surface area contributed by atoms with Gasteiger partial charge in [-0.05, 0) is 38.2 Å². The highest BCUT2D eigenvalue weighted by Gasteiger charge is 2.26. The van der Waals surface area contributed by atoms with Crippen LogP contribution in [0.1, 0.15) is 51.1 Å². The van der Waals surface area contributed by atoms with Crippen LogP contribution in [-0.2, 0) is 4.79 Å². The van der Waals surface area contributed by atoms with E-state index in [0.29, 0.717) is 6.04 Å². The highest BCUT2D eigenvalue weighted by atomic mass is 16.2. The fraction of sp³-hybridized carbons (Fsp3) is 0.600. The van der Waals surface area contributed by atoms with Crippen molar-refractivity contribution >= 4 is 5.91 Å². The number of hydrogen-bond donors (Lipinski definition) is 1. The second-order valence-corrected chi connectivity index (χ2v) is 5.83. The van der Waals surface area contributed by atoms with Crippen molar-refractivity contribution in [3.63, 3.8) is 0 Å². The molecule has 1 fully saturated rings. The number of carbonyl (C=O) groups is 1. The second kappa shape index (κ2) is 6.72. The quantitative estimate of drug-likeness (QED) is 0.912. The molecule has 1 N–H and O–H groups in total. The number of carbonyl (C=O) groups excluding carboxylic acids is 1. The molecule has 0 saturated heterocycles. The highest BCUT2D eigenvalue weighted by molar-refractivity contribution is 5.80. The maximum Gasteiger partial charge on any atom is 0.245 e. The van der Waals surface area contributed by atoms with Gasteiger partial charge in [-0.15, -0.1) is 10.2 Å². The van der Waals surface area contributed by atoms with Crippen molar-refractivity contribution in [2.75, 3.05) is 0 Å². The summed E-state index contributed by atoms with van der Waals surface area (Å²) in [6, 6.07) is 2.34. The minimum absolute atomic E-state index is 0.0685. The molecule has 1 saturated carbocycles. The van der Waals surface area contributed by atoms with Crippen LogP contribution < -0.4 is 5.32 Å². The molecular formula is C15H22N6O. The van der Waals surface area contributed by atoms with E-state index >= 15 is 0 Å². The lowest BCUT2D eigenvalue weighted by atomic mass is 9.91. The fourth-order valence-electron chi connectivity index (χ4n) is 3.17. The Morgan fingerprint density at radius 2 is 2.00 bits per heavy atom. The molecule has 1 aliphatic rings. The summed E-state index contributed by atoms with van der Waals surface area (Å²) in [5.41, 5.74) is 0. The first-order chi connectivity index (χ1) is 10.8. The van der Waals surface area contributed by atoms with Crippen LogP contribution in [0, 0.1) is 0 Å². The Morgan fingerprint density at radius 1 is 1.27 bits per heavy atom. The average Bonchev–Trinajstić information content (AvgIpc) is 3.22. The molecule has 0 radical (unpaired) electrons. The SMILES string of the molecule is CCC(C(=O)NC1CCC(n2cnnc2)CC1)n1cccn1. The van der Waals surface area contributed by atoms with E-state index in [1.54, 1.807) is 23.5 Å². The fourth-order valence-corrected chi connectivity index (χ4v) is 3.17. The molecule has 3 rings (SSSR count). The van der Waals surface area contributed by atoms with Gasteiger partial charge in [0.05, 0.1) is 0 Å². The van der Waals surface area contributed by atoms with Crippen molar-refractivity contribution in [1.29, 1.82) is 0 Å². The molecule has 1 aliphatic carbocycles. The van der Waals surface area contributed by atoms with Gasteiger partial charge in [0.25, 0.3) is 0 Å². The third-order valence-corrected chi connectivity index (χ3v) is 4.43. The monoisotopic (exact) mass is 302 g/mol. The summed E-state index contributed by atoms with van der Waals surface area (Å²) in [5.74, 6) is 0.0685. The maximum absolute atomic E-state index is 12.5. The van der Waals surface area contributed by atoms with E-state index < -0.39 is 0 Å². The molecule has 0 aromatic carbocycles. The predicted molar refractivity (Wildman–Crippen MR) is 81.0 cm³/mol. The standard InChI is InChI=1S/C15H22N6O/c1-2-14(21-9-3-8-18-21)15(22)19-12-4-6-13(7-5-12)20-10-16-17-11-20/h3,8-14H,2,4-7H2,1H3,(H,19,22). The van der Waals surface area contributed by atoms with Crippen molar-refractivity contribution in [2.24, 2.45) is 0 Å². The first-order valence-electron chi connectivity index (χ1n) is 7.91. The average molecular weight is 302 g/mol. The van der Waals surface area contributed by atoms with Gasteiger partial charge in [-0.3, -0.25) is 9.48 Å². The normalized spacial score (nSPS) is 23.1. The van der Waals surface area contributed by atoms with Crippen LogP contribution in [-0.4, -0.2) is 36.5 Å². The van der Waals surface area contributed by atoms with Crippen LogP contribution >= 0.6 is 0 Å². The molecule has 0 aliphatic heterocycles. The van der Waals surface area contributed by atoms with E-state index in [2.05, 4.69) is 25.2 Å². The number of hydrogen-bond acceptors (Lipinski definition) is 4. The third-order valence-electron chi connectivity index (χ3n) is 4.43. The van der Waals surface area contributed by atoms with Gasteiger partial charge in [0, 0.05) is 24.5 Å². The van der Waals surface area contributed by atoms with E-state index in [1.807, 2.05) is 19.2 Å². The number of amides is 1. The van der Waals surface area contributed by atoms with Gasteiger partial charge in [-0.1, -0.05) is 6.92 Å². The smallest absolute Gasteiger partial charge is 0.245 e. The van der Waals surface area contributed by atoms with Crippen molar-refractivity contribution in [3.05, 3.63) is 31.1 Å². The summed E-state index contributed by atoms with van der Waals surface area (Å²) >= 11 is 0. The lowest BCUT2D eigenvalue weighted by molar-refractivity contribution is -0.125. The molecule has 1 atom stereocenters. The van der Waals surface area contributed by atoms with Crippen LogP contribution in [0.4, 0.5) is 0 Å². The summed E-state index contributed by atoms with van der Waals surface area (Å²) in [6.07, 6.45) is 11.9. The zero-order valence-corrected chi connectivity index (χ0v) is 12.8. The molecule has 2 heterocycles. The molecule has 0 bridgehead atoms. The predicted octanol–water partition coefficient (Wildman–Crippen LogP) is 1.73. The second-order valence-electron chi connectivity index (χ2n) is 5.83. The molecule has 1 unspecified atom stereocenters. The van der Waals surface area contributed by atoms with Crippen molar-refractivity contribution in [2.45, 2.75) is 57.2 Å². The molecule has 0 spiro atoms. The number of nitrogens with zero attached hydrogens (tertiary/aromatic N) is 5. The van der Waals surface area contributed by atoms with Gasteiger partial charge < -0.3 is 9.88 Å². The van der Waals surface area contributed by atoms with Crippen LogP contribution in [0.3, 0.4) is 0 Å². The Balaban J connectivity index is 1.53. The van der Waals surface area contributed by atoms with Gasteiger partial charge in [0.1, 0.15) is 18.7 Å². The van der Waals surface area contributed by atoms with E-state index in [4.69, 9.17) is 0 Å². The molecule has 118 valence electrons. The van der Waals surface area contributed by atoms with Crippen LogP contribution in [0.25, 0.3) is 0 Å². The lowest BCUT2D eigenvalue weighted by Gasteiger charge is -2.30. The Labute approximate surface area is 129 Å². The maximum atomic E-state index is 12.5. The molecular weight excluding hydrogens is 280 g/mol. The van der Waals surface area contributed by atoms with Crippen LogP contribution in [0.15, 0.2) is 31.1 Å². The van der Waals surface area contributed by atoms with Gasteiger partial charge in [-0.2, -0.15) is 5.10 Å². The van der Waals surface area contributed by atoms with Gasteiger partial charge in [-0.25, -0.2) is 0 Å².